The van der Waals surface area contributed by atoms with Gasteiger partial charge in [-0.3, -0.25) is 0 Å². The standard InChI is InChI=1S/C34H22N2S2/c35-19-33(37-21-31-27-13-5-1-9-23(27)17-24-10-2-6-14-28(24)31)34(20-36)38-22-32-29-15-7-3-11-25(29)18-26-12-4-8-16-30(26)32/h1-18H,21-22H2/b34-33+. The predicted octanol–water partition coefficient (Wildman–Crippen LogP) is 9.72. The molecule has 0 heterocycles. The smallest absolute Gasteiger partial charge is 0.109 e. The van der Waals surface area contributed by atoms with E-state index in [9.17, 15) is 10.5 Å². The molecule has 0 amide bonds. The summed E-state index contributed by atoms with van der Waals surface area (Å²) in [4.78, 5) is 0.943. The second-order valence-electron chi connectivity index (χ2n) is 9.05. The lowest BCUT2D eigenvalue weighted by Gasteiger charge is -2.13. The van der Waals surface area contributed by atoms with E-state index in [1.807, 2.05) is 0 Å². The number of hydrogen-bond acceptors (Lipinski definition) is 4. The van der Waals surface area contributed by atoms with Crippen molar-refractivity contribution in [3.05, 3.63) is 130 Å². The van der Waals surface area contributed by atoms with Gasteiger partial charge in [-0.15, -0.1) is 23.5 Å². The van der Waals surface area contributed by atoms with Crippen molar-refractivity contribution < 1.29 is 0 Å². The van der Waals surface area contributed by atoms with Crippen molar-refractivity contribution in [2.45, 2.75) is 11.5 Å². The zero-order valence-corrected chi connectivity index (χ0v) is 22.2. The average Bonchev–Trinajstić information content (AvgIpc) is 2.97. The summed E-state index contributed by atoms with van der Waals surface area (Å²) in [7, 11) is 0. The quantitative estimate of drug-likeness (QED) is 0.161. The van der Waals surface area contributed by atoms with E-state index in [1.165, 1.54) is 77.7 Å². The summed E-state index contributed by atoms with van der Waals surface area (Å²) in [6, 6.07) is 42.6. The second-order valence-corrected chi connectivity index (χ2v) is 11.0. The molecule has 0 atom stereocenters. The molecule has 0 aromatic heterocycles. The van der Waals surface area contributed by atoms with E-state index in [1.54, 1.807) is 0 Å². The fraction of sp³-hybridized carbons (Fsp3) is 0.0588. The van der Waals surface area contributed by atoms with Gasteiger partial charge in [-0.2, -0.15) is 10.5 Å². The summed E-state index contributed by atoms with van der Waals surface area (Å²) >= 11 is 2.91. The third-order valence-electron chi connectivity index (χ3n) is 6.90. The molecular weight excluding hydrogens is 501 g/mol. The summed E-state index contributed by atoms with van der Waals surface area (Å²) in [5.74, 6) is 1.24. The highest BCUT2D eigenvalue weighted by Crippen LogP contribution is 2.38. The Morgan fingerprint density at radius 2 is 0.763 bits per heavy atom. The van der Waals surface area contributed by atoms with E-state index < -0.39 is 0 Å². The van der Waals surface area contributed by atoms with Crippen LogP contribution in [0.3, 0.4) is 0 Å². The maximum absolute atomic E-state index is 10.1. The Balaban J connectivity index is 1.35. The molecule has 4 heteroatoms. The number of thioether (sulfide) groups is 2. The molecule has 6 aromatic rings. The first kappa shape index (κ1) is 24.1. The number of benzene rings is 6. The van der Waals surface area contributed by atoms with Gasteiger partial charge < -0.3 is 0 Å². The molecule has 0 saturated carbocycles. The molecule has 180 valence electrons. The number of nitrogens with zero attached hydrogens (tertiary/aromatic N) is 2. The van der Waals surface area contributed by atoms with Crippen LogP contribution in [0.15, 0.2) is 119 Å². The van der Waals surface area contributed by atoms with Crippen LogP contribution in [0.5, 0.6) is 0 Å². The maximum atomic E-state index is 10.1. The van der Waals surface area contributed by atoms with Gasteiger partial charge in [0.25, 0.3) is 0 Å². The molecule has 0 unspecified atom stereocenters. The molecule has 0 aliphatic heterocycles. The van der Waals surface area contributed by atoms with Crippen LogP contribution >= 0.6 is 23.5 Å². The van der Waals surface area contributed by atoms with Gasteiger partial charge in [0.15, 0.2) is 0 Å². The fourth-order valence-corrected chi connectivity index (χ4v) is 7.15. The first-order valence-electron chi connectivity index (χ1n) is 12.4. The molecule has 2 nitrogen and oxygen atoms in total. The number of hydrogen-bond donors (Lipinski definition) is 0. The molecule has 6 aromatic carbocycles. The first-order valence-corrected chi connectivity index (χ1v) is 14.3. The predicted molar refractivity (Wildman–Crippen MR) is 164 cm³/mol. The van der Waals surface area contributed by atoms with Crippen molar-refractivity contribution >= 4 is 66.6 Å². The lowest BCUT2D eigenvalue weighted by molar-refractivity contribution is 1.47. The monoisotopic (exact) mass is 522 g/mol. The number of rotatable bonds is 6. The molecule has 0 aliphatic carbocycles. The Morgan fingerprint density at radius 1 is 0.474 bits per heavy atom. The SMILES string of the molecule is N#C/C(SCc1c2ccccc2cc2ccccc12)=C(/C#N)SCc1c2ccccc2cc2ccccc12. The lowest BCUT2D eigenvalue weighted by atomic mass is 9.98. The Kier molecular flexibility index (Phi) is 6.76. The van der Waals surface area contributed by atoms with E-state index >= 15 is 0 Å². The van der Waals surface area contributed by atoms with E-state index in [0.717, 1.165) is 0 Å². The van der Waals surface area contributed by atoms with Crippen LogP contribution < -0.4 is 0 Å². The molecule has 0 saturated heterocycles. The van der Waals surface area contributed by atoms with E-state index in [-0.39, 0.29) is 0 Å². The Morgan fingerprint density at radius 3 is 1.05 bits per heavy atom. The highest BCUT2D eigenvalue weighted by Gasteiger charge is 2.14. The van der Waals surface area contributed by atoms with Crippen LogP contribution in [0.2, 0.25) is 0 Å². The lowest BCUT2D eigenvalue weighted by Crippen LogP contribution is -1.91. The third-order valence-corrected chi connectivity index (χ3v) is 9.06. The highest BCUT2D eigenvalue weighted by atomic mass is 32.2. The molecule has 0 aliphatic rings. The molecule has 6 rings (SSSR count). The molecule has 0 spiro atoms. The maximum Gasteiger partial charge on any atom is 0.109 e. The van der Waals surface area contributed by atoms with Crippen molar-refractivity contribution in [2.75, 3.05) is 0 Å². The Bertz CT molecular complexity index is 1710. The van der Waals surface area contributed by atoms with Crippen LogP contribution in [0, 0.1) is 22.7 Å². The molecule has 38 heavy (non-hydrogen) atoms. The molecular formula is C34H22N2S2. The largest absolute Gasteiger partial charge is 0.192 e. The Labute approximate surface area is 230 Å². The zero-order chi connectivity index (χ0) is 25.9. The summed E-state index contributed by atoms with van der Waals surface area (Å²) in [5.41, 5.74) is 2.39. The Hall–Kier alpha value is -4.22. The third kappa shape index (κ3) is 4.50. The van der Waals surface area contributed by atoms with Gasteiger partial charge in [-0.05, 0) is 66.3 Å². The van der Waals surface area contributed by atoms with E-state index in [0.29, 0.717) is 21.3 Å². The van der Waals surface area contributed by atoms with Crippen LogP contribution in [0.25, 0.3) is 43.1 Å². The minimum atomic E-state index is 0.471. The summed E-state index contributed by atoms with van der Waals surface area (Å²) < 4.78 is 0. The van der Waals surface area contributed by atoms with Crippen molar-refractivity contribution in [3.8, 4) is 12.1 Å². The molecule has 0 fully saturated rings. The van der Waals surface area contributed by atoms with Crippen LogP contribution in [0.1, 0.15) is 11.1 Å². The topological polar surface area (TPSA) is 47.6 Å². The van der Waals surface area contributed by atoms with Crippen molar-refractivity contribution in [2.24, 2.45) is 0 Å². The minimum absolute atomic E-state index is 0.471. The number of fused-ring (bicyclic) bond motifs is 4. The number of allylic oxidation sites excluding steroid dienone is 2. The van der Waals surface area contributed by atoms with Gasteiger partial charge in [0.05, 0.1) is 0 Å². The van der Waals surface area contributed by atoms with Crippen LogP contribution in [-0.4, -0.2) is 0 Å². The first-order chi connectivity index (χ1) is 18.8. The molecule has 0 radical (unpaired) electrons. The van der Waals surface area contributed by atoms with Gasteiger partial charge in [-0.25, -0.2) is 0 Å². The van der Waals surface area contributed by atoms with Gasteiger partial charge in [-0.1, -0.05) is 97.1 Å². The zero-order valence-electron chi connectivity index (χ0n) is 20.5. The average molecular weight is 523 g/mol. The van der Waals surface area contributed by atoms with Gasteiger partial charge >= 0.3 is 0 Å². The summed E-state index contributed by atoms with van der Waals surface area (Å²) in [6.45, 7) is 0. The van der Waals surface area contributed by atoms with Crippen molar-refractivity contribution in [1.29, 1.82) is 10.5 Å². The summed E-state index contributed by atoms with van der Waals surface area (Å²) in [6.07, 6.45) is 0. The fourth-order valence-electron chi connectivity index (χ4n) is 5.11. The van der Waals surface area contributed by atoms with E-state index in [4.69, 9.17) is 0 Å². The molecule has 0 N–H and O–H groups in total. The van der Waals surface area contributed by atoms with Crippen LogP contribution in [0.4, 0.5) is 0 Å². The van der Waals surface area contributed by atoms with Gasteiger partial charge in [0.2, 0.25) is 0 Å². The highest BCUT2D eigenvalue weighted by molar-refractivity contribution is 8.06. The van der Waals surface area contributed by atoms with Crippen LogP contribution in [-0.2, 0) is 11.5 Å². The number of nitriles is 2. The second kappa shape index (κ2) is 10.6. The minimum Gasteiger partial charge on any atom is -0.192 e. The van der Waals surface area contributed by atoms with Crippen molar-refractivity contribution in [1.82, 2.24) is 0 Å². The normalized spacial score (nSPS) is 11.9. The summed E-state index contributed by atoms with van der Waals surface area (Å²) in [5, 5.41) is 29.6. The van der Waals surface area contributed by atoms with Gasteiger partial charge in [0.1, 0.15) is 21.9 Å². The van der Waals surface area contributed by atoms with Crippen molar-refractivity contribution in [3.63, 3.8) is 0 Å². The van der Waals surface area contributed by atoms with Gasteiger partial charge in [0, 0.05) is 11.5 Å². The molecule has 0 bridgehead atoms. The van der Waals surface area contributed by atoms with E-state index in [2.05, 4.69) is 121 Å².